The second-order valence-corrected chi connectivity index (χ2v) is 7.53. The maximum atomic E-state index is 12.3. The number of aliphatic hydroxyl groups excluding tert-OH is 1. The van der Waals surface area contributed by atoms with Crippen LogP contribution < -0.4 is 5.32 Å². The van der Waals surface area contributed by atoms with E-state index in [-0.39, 0.29) is 12.6 Å². The molecule has 2 aliphatic heterocycles. The van der Waals surface area contributed by atoms with Crippen molar-refractivity contribution < 1.29 is 19.5 Å². The number of nitrogens with zero attached hydrogens (tertiary/aromatic N) is 1. The molecule has 1 aromatic rings. The molecule has 2 unspecified atom stereocenters. The molecule has 3 rings (SSSR count). The third-order valence-corrected chi connectivity index (χ3v) is 5.75. The van der Waals surface area contributed by atoms with E-state index in [1.54, 1.807) is 17.8 Å². The number of aliphatic hydroxyl groups is 1. The van der Waals surface area contributed by atoms with Crippen LogP contribution in [-0.2, 0) is 9.59 Å². The van der Waals surface area contributed by atoms with Crippen molar-refractivity contribution in [3.63, 3.8) is 0 Å². The average molecular weight is 364 g/mol. The van der Waals surface area contributed by atoms with Gasteiger partial charge in [-0.15, -0.1) is 0 Å². The highest BCUT2D eigenvalue weighted by atomic mass is 32.2. The molecule has 0 aromatic heterocycles. The molecule has 2 saturated heterocycles. The quantitative estimate of drug-likeness (QED) is 0.784. The van der Waals surface area contributed by atoms with Gasteiger partial charge in [0.2, 0.25) is 5.91 Å². The Hall–Kier alpha value is -1.77. The summed E-state index contributed by atoms with van der Waals surface area (Å²) >= 11 is 2.38. The lowest BCUT2D eigenvalue weighted by molar-refractivity contribution is -0.129. The Labute approximate surface area is 147 Å². The third-order valence-electron chi connectivity index (χ3n) is 3.67. The maximum absolute atomic E-state index is 12.3. The van der Waals surface area contributed by atoms with Crippen LogP contribution in [0.1, 0.15) is 5.56 Å². The fraction of sp³-hybridized carbons (Fsp3) is 0.312. The number of thioether (sulfide) groups is 2. The van der Waals surface area contributed by atoms with Gasteiger partial charge in [-0.1, -0.05) is 30.3 Å². The Balaban J connectivity index is 1.64. The van der Waals surface area contributed by atoms with Gasteiger partial charge in [-0.05, 0) is 23.4 Å². The van der Waals surface area contributed by atoms with E-state index in [0.29, 0.717) is 16.4 Å². The lowest BCUT2D eigenvalue weighted by Gasteiger charge is -2.18. The summed E-state index contributed by atoms with van der Waals surface area (Å²) in [4.78, 5) is 37.6. The highest BCUT2D eigenvalue weighted by Gasteiger charge is 2.37. The predicted molar refractivity (Wildman–Crippen MR) is 94.4 cm³/mol. The molecule has 2 atom stereocenters. The van der Waals surface area contributed by atoms with Gasteiger partial charge in [0.1, 0.15) is 6.54 Å². The van der Waals surface area contributed by atoms with Crippen molar-refractivity contribution in [2.24, 2.45) is 0 Å². The molecule has 2 heterocycles. The first-order chi connectivity index (χ1) is 11.5. The molecule has 6 nitrogen and oxygen atoms in total. The first kappa shape index (κ1) is 17.1. The molecule has 0 radical (unpaired) electrons. The van der Waals surface area contributed by atoms with E-state index in [9.17, 15) is 19.5 Å². The Morgan fingerprint density at radius 2 is 2.04 bits per heavy atom. The van der Waals surface area contributed by atoms with E-state index in [4.69, 9.17) is 0 Å². The summed E-state index contributed by atoms with van der Waals surface area (Å²) in [6.07, 6.45) is 1.05. The molecule has 0 spiro atoms. The van der Waals surface area contributed by atoms with Crippen LogP contribution in [0.3, 0.4) is 0 Å². The summed E-state index contributed by atoms with van der Waals surface area (Å²) in [7, 11) is 0. The van der Waals surface area contributed by atoms with Gasteiger partial charge < -0.3 is 10.4 Å². The van der Waals surface area contributed by atoms with Crippen LogP contribution in [-0.4, -0.2) is 57.3 Å². The molecule has 8 heteroatoms. The minimum absolute atomic E-state index is 0.301. The third kappa shape index (κ3) is 3.82. The zero-order chi connectivity index (χ0) is 17.1. The lowest BCUT2D eigenvalue weighted by Crippen LogP contribution is -2.47. The largest absolute Gasteiger partial charge is 0.390 e. The van der Waals surface area contributed by atoms with Crippen LogP contribution in [0.15, 0.2) is 35.2 Å². The van der Waals surface area contributed by atoms with Crippen LogP contribution in [0.4, 0.5) is 4.79 Å². The first-order valence-corrected chi connectivity index (χ1v) is 9.37. The summed E-state index contributed by atoms with van der Waals surface area (Å²) in [6, 6.07) is 8.88. The second kappa shape index (κ2) is 7.42. The van der Waals surface area contributed by atoms with Gasteiger partial charge in [0.15, 0.2) is 0 Å². The molecule has 2 fully saturated rings. The molecule has 2 N–H and O–H groups in total. The fourth-order valence-electron chi connectivity index (χ4n) is 2.41. The summed E-state index contributed by atoms with van der Waals surface area (Å²) < 4.78 is 0. The molecule has 1 aromatic carbocycles. The Morgan fingerprint density at radius 3 is 2.71 bits per heavy atom. The van der Waals surface area contributed by atoms with E-state index in [1.807, 2.05) is 30.3 Å². The zero-order valence-corrected chi connectivity index (χ0v) is 14.3. The highest BCUT2D eigenvalue weighted by Crippen LogP contribution is 2.32. The van der Waals surface area contributed by atoms with E-state index in [1.165, 1.54) is 0 Å². The standard InChI is InChI=1S/C16H16N2O4S2/c19-12-9-23-8-11(12)17-14(20)7-18-15(21)13(24-16(18)22)6-10-4-2-1-3-5-10/h1-6,11-12,19H,7-9H2,(H,17,20)/b13-6-. The average Bonchev–Trinajstić information content (AvgIpc) is 3.07. The van der Waals surface area contributed by atoms with E-state index < -0.39 is 23.2 Å². The molecule has 3 amide bonds. The minimum Gasteiger partial charge on any atom is -0.390 e. The van der Waals surface area contributed by atoms with Crippen LogP contribution in [0.5, 0.6) is 0 Å². The molecule has 2 aliphatic rings. The van der Waals surface area contributed by atoms with Gasteiger partial charge in [0.25, 0.3) is 11.1 Å². The Bertz CT molecular complexity index is 693. The number of hydrogen-bond acceptors (Lipinski definition) is 6. The lowest BCUT2D eigenvalue weighted by atomic mass is 10.2. The summed E-state index contributed by atoms with van der Waals surface area (Å²) in [5, 5.41) is 11.9. The predicted octanol–water partition coefficient (Wildman–Crippen LogP) is 1.32. The van der Waals surface area contributed by atoms with Crippen molar-refractivity contribution >= 4 is 46.7 Å². The van der Waals surface area contributed by atoms with Gasteiger partial charge in [-0.25, -0.2) is 0 Å². The molecule has 24 heavy (non-hydrogen) atoms. The fourth-order valence-corrected chi connectivity index (χ4v) is 4.42. The number of amides is 3. The van der Waals surface area contributed by atoms with Crippen molar-refractivity contribution in [3.8, 4) is 0 Å². The zero-order valence-electron chi connectivity index (χ0n) is 12.7. The number of rotatable bonds is 4. The van der Waals surface area contributed by atoms with Crippen LogP contribution in [0.2, 0.25) is 0 Å². The highest BCUT2D eigenvalue weighted by molar-refractivity contribution is 8.18. The van der Waals surface area contributed by atoms with Crippen LogP contribution in [0.25, 0.3) is 6.08 Å². The monoisotopic (exact) mass is 364 g/mol. The smallest absolute Gasteiger partial charge is 0.294 e. The molecule has 0 aliphatic carbocycles. The Morgan fingerprint density at radius 1 is 1.29 bits per heavy atom. The molecule has 126 valence electrons. The normalized spacial score (nSPS) is 25.5. The van der Waals surface area contributed by atoms with E-state index in [0.717, 1.165) is 22.2 Å². The molecule has 0 saturated carbocycles. The summed E-state index contributed by atoms with van der Waals surface area (Å²) in [5.74, 6) is 0.296. The van der Waals surface area contributed by atoms with E-state index in [2.05, 4.69) is 5.32 Å². The van der Waals surface area contributed by atoms with Crippen molar-refractivity contribution in [2.75, 3.05) is 18.1 Å². The number of carbonyl (C=O) groups is 3. The molecule has 0 bridgehead atoms. The SMILES string of the molecule is O=C(CN1C(=O)S/C(=C\c2ccccc2)C1=O)NC1CSCC1O. The van der Waals surface area contributed by atoms with Gasteiger partial charge in [0.05, 0.1) is 17.1 Å². The van der Waals surface area contributed by atoms with Crippen molar-refractivity contribution in [3.05, 3.63) is 40.8 Å². The van der Waals surface area contributed by atoms with Crippen molar-refractivity contribution in [1.82, 2.24) is 10.2 Å². The summed E-state index contributed by atoms with van der Waals surface area (Å²) in [6.45, 7) is -0.329. The number of hydrogen-bond donors (Lipinski definition) is 2. The maximum Gasteiger partial charge on any atom is 0.294 e. The Kier molecular flexibility index (Phi) is 5.27. The van der Waals surface area contributed by atoms with Gasteiger partial charge >= 0.3 is 0 Å². The first-order valence-electron chi connectivity index (χ1n) is 7.40. The van der Waals surface area contributed by atoms with Crippen molar-refractivity contribution in [1.29, 1.82) is 0 Å². The number of carbonyl (C=O) groups excluding carboxylic acids is 3. The number of benzene rings is 1. The minimum atomic E-state index is -0.591. The topological polar surface area (TPSA) is 86.7 Å². The molecular weight excluding hydrogens is 348 g/mol. The van der Waals surface area contributed by atoms with Crippen LogP contribution >= 0.6 is 23.5 Å². The van der Waals surface area contributed by atoms with Crippen LogP contribution in [0, 0.1) is 0 Å². The van der Waals surface area contributed by atoms with Crippen molar-refractivity contribution in [2.45, 2.75) is 12.1 Å². The van der Waals surface area contributed by atoms with Gasteiger partial charge in [-0.3, -0.25) is 19.3 Å². The van der Waals surface area contributed by atoms with E-state index >= 15 is 0 Å². The van der Waals surface area contributed by atoms with Gasteiger partial charge in [0, 0.05) is 11.5 Å². The second-order valence-electron chi connectivity index (χ2n) is 5.46. The number of imide groups is 1. The number of nitrogens with one attached hydrogen (secondary N) is 1. The molecular formula is C16H16N2O4S2. The van der Waals surface area contributed by atoms with Gasteiger partial charge in [-0.2, -0.15) is 11.8 Å². The summed E-state index contributed by atoms with van der Waals surface area (Å²) in [5.41, 5.74) is 0.818.